The molecule has 0 bridgehead atoms. The van der Waals surface area contributed by atoms with E-state index in [4.69, 9.17) is 10.5 Å². The molecule has 2 N–H and O–H groups in total. The zero-order chi connectivity index (χ0) is 12.4. The van der Waals surface area contributed by atoms with Crippen LogP contribution in [0.3, 0.4) is 0 Å². The summed E-state index contributed by atoms with van der Waals surface area (Å²) in [6, 6.07) is 0.223. The van der Waals surface area contributed by atoms with Gasteiger partial charge in [-0.1, -0.05) is 0 Å². The molecule has 0 radical (unpaired) electrons. The highest BCUT2D eigenvalue weighted by molar-refractivity contribution is 5.28. The zero-order valence-electron chi connectivity index (χ0n) is 10.0. The second-order valence-corrected chi connectivity index (χ2v) is 3.49. The van der Waals surface area contributed by atoms with E-state index in [9.17, 15) is 0 Å². The maximum Gasteiger partial charge on any atom is 0.323 e. The molecule has 2 aromatic heterocycles. The molecule has 0 spiro atoms. The summed E-state index contributed by atoms with van der Waals surface area (Å²) in [5, 5.41) is 0. The first-order valence-electron chi connectivity index (χ1n) is 5.27. The molecule has 2 rings (SSSR count). The molecule has 0 fully saturated rings. The van der Waals surface area contributed by atoms with Gasteiger partial charge in [-0.15, -0.1) is 0 Å². The first kappa shape index (κ1) is 11.3. The lowest BCUT2D eigenvalue weighted by Gasteiger charge is -2.06. The number of imidazole rings is 1. The third-order valence-electron chi connectivity index (χ3n) is 2.36. The van der Waals surface area contributed by atoms with Crippen molar-refractivity contribution < 1.29 is 4.74 Å². The molecule has 7 nitrogen and oxygen atoms in total. The molecule has 0 atom stereocenters. The third kappa shape index (κ3) is 2.17. The number of hydrogen-bond acceptors (Lipinski definition) is 6. The van der Waals surface area contributed by atoms with Gasteiger partial charge in [0, 0.05) is 5.69 Å². The fourth-order valence-electron chi connectivity index (χ4n) is 1.36. The lowest BCUT2D eigenvalue weighted by atomic mass is 10.4. The number of nitrogens with two attached hydrogens (primary N) is 1. The second kappa shape index (κ2) is 4.36. The van der Waals surface area contributed by atoms with Crippen LogP contribution in [0.5, 0.6) is 6.01 Å². The Labute approximate surface area is 98.7 Å². The Kier molecular flexibility index (Phi) is 2.90. The van der Waals surface area contributed by atoms with E-state index in [0.717, 1.165) is 11.4 Å². The first-order valence-corrected chi connectivity index (χ1v) is 5.27. The highest BCUT2D eigenvalue weighted by atomic mass is 16.5. The highest BCUT2D eigenvalue weighted by Gasteiger charge is 2.10. The normalized spacial score (nSPS) is 10.5. The van der Waals surface area contributed by atoms with Gasteiger partial charge in [-0.3, -0.25) is 4.57 Å². The van der Waals surface area contributed by atoms with Gasteiger partial charge in [-0.25, -0.2) is 4.98 Å². The number of anilines is 1. The molecular weight excluding hydrogens is 220 g/mol. The minimum Gasteiger partial charge on any atom is -0.464 e. The van der Waals surface area contributed by atoms with Gasteiger partial charge in [-0.05, 0) is 20.8 Å². The number of nitrogens with zero attached hydrogens (tertiary/aromatic N) is 5. The van der Waals surface area contributed by atoms with E-state index in [1.807, 2.05) is 20.8 Å². The fourth-order valence-corrected chi connectivity index (χ4v) is 1.36. The van der Waals surface area contributed by atoms with Gasteiger partial charge >= 0.3 is 6.01 Å². The van der Waals surface area contributed by atoms with Crippen LogP contribution in [-0.2, 0) is 0 Å². The number of hydrogen-bond donors (Lipinski definition) is 1. The van der Waals surface area contributed by atoms with E-state index in [0.29, 0.717) is 12.6 Å². The number of aromatic nitrogens is 5. The van der Waals surface area contributed by atoms with Crippen LogP contribution >= 0.6 is 0 Å². The maximum absolute atomic E-state index is 5.61. The van der Waals surface area contributed by atoms with Crippen molar-refractivity contribution in [1.82, 2.24) is 24.5 Å². The minimum absolute atomic E-state index is 0.129. The standard InChI is InChI=1S/C10H14N6O/c1-4-17-10-14-8(11)13-9(15-10)16-5-12-6(2)7(16)3/h5H,4H2,1-3H3,(H2,11,13,14,15). The molecule has 0 aliphatic heterocycles. The monoisotopic (exact) mass is 234 g/mol. The van der Waals surface area contributed by atoms with Gasteiger partial charge in [-0.2, -0.15) is 15.0 Å². The maximum atomic E-state index is 5.61. The van der Waals surface area contributed by atoms with Crippen molar-refractivity contribution in [2.24, 2.45) is 0 Å². The Bertz CT molecular complexity index is 536. The highest BCUT2D eigenvalue weighted by Crippen LogP contribution is 2.13. The Morgan fingerprint density at radius 1 is 1.29 bits per heavy atom. The molecule has 0 aliphatic rings. The lowest BCUT2D eigenvalue weighted by Crippen LogP contribution is -2.09. The predicted octanol–water partition coefficient (Wildman–Crippen LogP) is 0.655. The summed E-state index contributed by atoms with van der Waals surface area (Å²) < 4.78 is 6.97. The van der Waals surface area contributed by atoms with E-state index in [-0.39, 0.29) is 12.0 Å². The summed E-state index contributed by atoms with van der Waals surface area (Å²) in [7, 11) is 0. The van der Waals surface area contributed by atoms with E-state index in [1.165, 1.54) is 0 Å². The summed E-state index contributed by atoms with van der Waals surface area (Å²) in [5.74, 6) is 0.545. The molecule has 0 aromatic carbocycles. The van der Waals surface area contributed by atoms with Gasteiger partial charge in [0.15, 0.2) is 0 Å². The van der Waals surface area contributed by atoms with Gasteiger partial charge in [0.2, 0.25) is 11.9 Å². The Hall–Kier alpha value is -2.18. The van der Waals surface area contributed by atoms with Crippen LogP contribution in [-0.4, -0.2) is 31.1 Å². The molecule has 17 heavy (non-hydrogen) atoms. The molecule has 0 unspecified atom stereocenters. The summed E-state index contributed by atoms with van der Waals surface area (Å²) >= 11 is 0. The number of ether oxygens (including phenoxy) is 1. The van der Waals surface area contributed by atoms with Crippen LogP contribution in [0.15, 0.2) is 6.33 Å². The van der Waals surface area contributed by atoms with Gasteiger partial charge in [0.1, 0.15) is 6.33 Å². The fraction of sp³-hybridized carbons (Fsp3) is 0.400. The van der Waals surface area contributed by atoms with Crippen molar-refractivity contribution in [2.45, 2.75) is 20.8 Å². The summed E-state index contributed by atoms with van der Waals surface area (Å²) in [6.07, 6.45) is 1.65. The molecule has 7 heteroatoms. The van der Waals surface area contributed by atoms with Crippen LogP contribution < -0.4 is 10.5 Å². The second-order valence-electron chi connectivity index (χ2n) is 3.49. The quantitative estimate of drug-likeness (QED) is 0.838. The van der Waals surface area contributed by atoms with Crippen LogP contribution in [0.2, 0.25) is 0 Å². The number of nitrogen functional groups attached to an aromatic ring is 1. The summed E-state index contributed by atoms with van der Waals surface area (Å²) in [6.45, 7) is 6.18. The van der Waals surface area contributed by atoms with E-state index in [2.05, 4.69) is 19.9 Å². The topological polar surface area (TPSA) is 91.7 Å². The SMILES string of the molecule is CCOc1nc(N)nc(-n2cnc(C)c2C)n1. The smallest absolute Gasteiger partial charge is 0.323 e. The number of aryl methyl sites for hydroxylation is 1. The van der Waals surface area contributed by atoms with E-state index < -0.39 is 0 Å². The van der Waals surface area contributed by atoms with Crippen molar-refractivity contribution in [3.8, 4) is 12.0 Å². The average molecular weight is 234 g/mol. The van der Waals surface area contributed by atoms with E-state index >= 15 is 0 Å². The van der Waals surface area contributed by atoms with Crippen LogP contribution in [0.1, 0.15) is 18.3 Å². The Balaban J connectivity index is 2.48. The third-order valence-corrected chi connectivity index (χ3v) is 2.36. The van der Waals surface area contributed by atoms with Crippen molar-refractivity contribution in [3.63, 3.8) is 0 Å². The van der Waals surface area contributed by atoms with Gasteiger partial charge in [0.25, 0.3) is 0 Å². The summed E-state index contributed by atoms with van der Waals surface area (Å²) in [4.78, 5) is 16.3. The molecule has 0 amide bonds. The first-order chi connectivity index (χ1) is 8.11. The lowest BCUT2D eigenvalue weighted by molar-refractivity contribution is 0.311. The van der Waals surface area contributed by atoms with Crippen molar-refractivity contribution in [2.75, 3.05) is 12.3 Å². The average Bonchev–Trinajstić information content (AvgIpc) is 2.59. The van der Waals surface area contributed by atoms with Gasteiger partial charge < -0.3 is 10.5 Å². The summed E-state index contributed by atoms with van der Waals surface area (Å²) in [5.41, 5.74) is 7.48. The largest absolute Gasteiger partial charge is 0.464 e. The molecule has 90 valence electrons. The van der Waals surface area contributed by atoms with Crippen LogP contribution in [0.25, 0.3) is 5.95 Å². The Morgan fingerprint density at radius 2 is 2.06 bits per heavy atom. The molecule has 2 aromatic rings. The van der Waals surface area contributed by atoms with Crippen LogP contribution in [0.4, 0.5) is 5.95 Å². The van der Waals surface area contributed by atoms with Gasteiger partial charge in [0.05, 0.1) is 12.3 Å². The Morgan fingerprint density at radius 3 is 2.65 bits per heavy atom. The molecule has 0 saturated heterocycles. The number of rotatable bonds is 3. The minimum atomic E-state index is 0.129. The zero-order valence-corrected chi connectivity index (χ0v) is 10.0. The molecular formula is C10H14N6O. The predicted molar refractivity (Wildman–Crippen MR) is 62.0 cm³/mol. The molecule has 2 heterocycles. The molecule has 0 saturated carbocycles. The van der Waals surface area contributed by atoms with Crippen molar-refractivity contribution in [3.05, 3.63) is 17.7 Å². The van der Waals surface area contributed by atoms with Crippen LogP contribution in [0, 0.1) is 13.8 Å². The van der Waals surface area contributed by atoms with E-state index in [1.54, 1.807) is 10.9 Å². The molecule has 0 aliphatic carbocycles. The van der Waals surface area contributed by atoms with Crippen molar-refractivity contribution in [1.29, 1.82) is 0 Å². The van der Waals surface area contributed by atoms with Crippen molar-refractivity contribution >= 4 is 5.95 Å².